The minimum absolute atomic E-state index is 0.192. The smallest absolute Gasteiger partial charge is 0.387 e. The number of hydrogen-bond acceptors (Lipinski definition) is 4. The van der Waals surface area contributed by atoms with E-state index in [0.29, 0.717) is 10.9 Å². The van der Waals surface area contributed by atoms with Gasteiger partial charge in [0.25, 0.3) is 5.91 Å². The van der Waals surface area contributed by atoms with Crippen LogP contribution in [0.25, 0.3) is 0 Å². The van der Waals surface area contributed by atoms with Gasteiger partial charge in [-0.15, -0.1) is 11.3 Å². The quantitative estimate of drug-likeness (QED) is 0.771. The lowest BCUT2D eigenvalue weighted by atomic mass is 10.2. The van der Waals surface area contributed by atoms with Crippen LogP contribution in [-0.2, 0) is 4.79 Å². The van der Waals surface area contributed by atoms with Crippen molar-refractivity contribution in [3.63, 3.8) is 0 Å². The van der Waals surface area contributed by atoms with Crippen LogP contribution < -0.4 is 15.4 Å². The number of nitrogens with one attached hydrogen (secondary N) is 2. The summed E-state index contributed by atoms with van der Waals surface area (Å²) >= 11 is 0.871. The average Bonchev–Trinajstić information content (AvgIpc) is 2.83. The Morgan fingerprint density at radius 2 is 1.68 bits per heavy atom. The molecule has 0 saturated carbocycles. The fourth-order valence-corrected chi connectivity index (χ4v) is 2.78. The van der Waals surface area contributed by atoms with E-state index in [4.69, 9.17) is 0 Å². The topological polar surface area (TPSA) is 67.4 Å². The first kappa shape index (κ1) is 18.7. The van der Waals surface area contributed by atoms with E-state index in [-0.39, 0.29) is 16.3 Å². The van der Waals surface area contributed by atoms with Crippen LogP contribution in [0.15, 0.2) is 18.2 Å². The van der Waals surface area contributed by atoms with Crippen LogP contribution in [0.1, 0.15) is 21.5 Å². The van der Waals surface area contributed by atoms with Gasteiger partial charge in [-0.25, -0.2) is 8.78 Å². The lowest BCUT2D eigenvalue weighted by molar-refractivity contribution is -0.114. The molecule has 5 nitrogen and oxygen atoms in total. The number of carbonyl (C=O) groups is 2. The van der Waals surface area contributed by atoms with Crippen molar-refractivity contribution >= 4 is 34.5 Å². The molecule has 0 aliphatic heterocycles. The average molecular weight is 376 g/mol. The highest BCUT2D eigenvalue weighted by atomic mass is 32.1. The number of carbonyl (C=O) groups excluding carboxylic acids is 2. The number of benzene rings is 1. The molecule has 0 bridgehead atoms. The highest BCUT2D eigenvalue weighted by Gasteiger charge is 2.21. The molecule has 0 spiro atoms. The largest absolute Gasteiger partial charge is 0.433 e. The van der Waals surface area contributed by atoms with Crippen molar-refractivity contribution in [3.8, 4) is 5.75 Å². The summed E-state index contributed by atoms with van der Waals surface area (Å²) in [6.45, 7) is -0.425. The Balaban J connectivity index is 2.30. The minimum Gasteiger partial charge on any atom is -0.433 e. The second kappa shape index (κ2) is 7.51. The molecule has 0 unspecified atom stereocenters. The van der Waals surface area contributed by atoms with Gasteiger partial charge in [-0.3, -0.25) is 9.59 Å². The van der Waals surface area contributed by atoms with E-state index >= 15 is 0 Å². The zero-order valence-electron chi connectivity index (χ0n) is 13.0. The summed E-state index contributed by atoms with van der Waals surface area (Å²) in [6, 6.07) is 2.62. The molecule has 1 heterocycles. The van der Waals surface area contributed by atoms with E-state index in [1.807, 2.05) is 0 Å². The van der Waals surface area contributed by atoms with Crippen molar-refractivity contribution in [1.82, 2.24) is 0 Å². The van der Waals surface area contributed by atoms with Crippen molar-refractivity contribution < 1.29 is 31.9 Å². The van der Waals surface area contributed by atoms with Gasteiger partial charge >= 0.3 is 6.61 Å². The fourth-order valence-electron chi connectivity index (χ4n) is 1.94. The van der Waals surface area contributed by atoms with Crippen molar-refractivity contribution in [1.29, 1.82) is 0 Å². The molecule has 0 radical (unpaired) electrons. The van der Waals surface area contributed by atoms with E-state index < -0.39 is 35.7 Å². The van der Waals surface area contributed by atoms with Crippen LogP contribution in [0.5, 0.6) is 5.75 Å². The lowest BCUT2D eigenvalue weighted by Crippen LogP contribution is -2.15. The monoisotopic (exact) mass is 376 g/mol. The first-order valence-corrected chi connectivity index (χ1v) is 7.62. The maximum Gasteiger partial charge on any atom is 0.387 e. The molecular weight excluding hydrogens is 364 g/mol. The summed E-state index contributed by atoms with van der Waals surface area (Å²) in [5.74, 6) is -3.97. The van der Waals surface area contributed by atoms with Gasteiger partial charge in [0, 0.05) is 17.9 Å². The summed E-state index contributed by atoms with van der Waals surface area (Å²) in [6.07, 6.45) is 0. The van der Waals surface area contributed by atoms with Gasteiger partial charge in [0.15, 0.2) is 0 Å². The Morgan fingerprint density at radius 3 is 2.24 bits per heavy atom. The molecule has 10 heteroatoms. The van der Waals surface area contributed by atoms with Gasteiger partial charge in [0.1, 0.15) is 22.3 Å². The maximum atomic E-state index is 13.8. The van der Waals surface area contributed by atoms with Crippen LogP contribution in [0.4, 0.5) is 28.9 Å². The van der Waals surface area contributed by atoms with Crippen LogP contribution in [0.3, 0.4) is 0 Å². The summed E-state index contributed by atoms with van der Waals surface area (Å²) in [5.41, 5.74) is -0.764. The van der Waals surface area contributed by atoms with Crippen molar-refractivity contribution in [3.05, 3.63) is 39.6 Å². The highest BCUT2D eigenvalue weighted by molar-refractivity contribution is 7.14. The van der Waals surface area contributed by atoms with Crippen molar-refractivity contribution in [2.24, 2.45) is 0 Å². The third-order valence-corrected chi connectivity index (χ3v) is 3.89. The highest BCUT2D eigenvalue weighted by Crippen LogP contribution is 2.32. The molecule has 2 amide bonds. The molecule has 134 valence electrons. The molecule has 1 aromatic heterocycles. The number of halogens is 4. The van der Waals surface area contributed by atoms with Gasteiger partial charge in [-0.05, 0) is 19.1 Å². The Kier molecular flexibility index (Phi) is 5.62. The van der Waals surface area contributed by atoms with Crippen LogP contribution in [0.2, 0.25) is 0 Å². The van der Waals surface area contributed by atoms with E-state index in [1.54, 1.807) is 6.92 Å². The van der Waals surface area contributed by atoms with Crippen molar-refractivity contribution in [2.75, 3.05) is 10.6 Å². The molecule has 0 fully saturated rings. The molecule has 0 aliphatic carbocycles. The molecule has 25 heavy (non-hydrogen) atoms. The third kappa shape index (κ3) is 4.69. The molecule has 2 aromatic rings. The van der Waals surface area contributed by atoms with Gasteiger partial charge in [0.2, 0.25) is 5.91 Å². The number of aryl methyl sites for hydroxylation is 1. The zero-order chi connectivity index (χ0) is 18.7. The molecule has 2 rings (SSSR count). The zero-order valence-corrected chi connectivity index (χ0v) is 13.8. The fraction of sp³-hybridized carbons (Fsp3) is 0.200. The first-order valence-electron chi connectivity index (χ1n) is 6.80. The number of hydrogen-bond donors (Lipinski definition) is 2. The van der Waals surface area contributed by atoms with E-state index in [1.165, 1.54) is 6.07 Å². The number of amides is 2. The van der Waals surface area contributed by atoms with Crippen LogP contribution >= 0.6 is 11.3 Å². The van der Waals surface area contributed by atoms with Gasteiger partial charge in [-0.1, -0.05) is 0 Å². The summed E-state index contributed by atoms with van der Waals surface area (Å²) in [5, 5.41) is 4.29. The number of anilines is 2. The number of alkyl halides is 2. The van der Waals surface area contributed by atoms with E-state index in [2.05, 4.69) is 15.4 Å². The number of thiophene rings is 1. The van der Waals surface area contributed by atoms with Gasteiger partial charge in [0.05, 0.1) is 11.4 Å². The third-order valence-electron chi connectivity index (χ3n) is 2.86. The molecule has 2 N–H and O–H groups in total. The molecule has 1 aromatic carbocycles. The molecule has 0 saturated heterocycles. The number of rotatable bonds is 5. The second-order valence-electron chi connectivity index (χ2n) is 4.88. The molecule has 0 atom stereocenters. The maximum absolute atomic E-state index is 13.8. The summed E-state index contributed by atoms with van der Waals surface area (Å²) in [7, 11) is 0. The summed E-state index contributed by atoms with van der Waals surface area (Å²) in [4.78, 5) is 23.6. The Labute approximate surface area is 143 Å². The standard InChI is InChI=1S/C15H12F4N2O3S/c1-6-3-12(24-15(18)19)13(25-6)14(23)21-11-5-10(20-7(2)22)8(16)4-9(11)17/h3-5,15H,1-2H3,(H,20,22)(H,21,23). The Hall–Kier alpha value is -2.62. The van der Waals surface area contributed by atoms with Crippen LogP contribution in [0, 0.1) is 18.6 Å². The lowest BCUT2D eigenvalue weighted by Gasteiger charge is -2.10. The van der Waals surface area contributed by atoms with E-state index in [9.17, 15) is 27.2 Å². The predicted octanol–water partition coefficient (Wildman–Crippen LogP) is 4.15. The number of ether oxygens (including phenoxy) is 1. The van der Waals surface area contributed by atoms with Crippen LogP contribution in [-0.4, -0.2) is 18.4 Å². The van der Waals surface area contributed by atoms with Gasteiger partial charge in [-0.2, -0.15) is 8.78 Å². The van der Waals surface area contributed by atoms with E-state index in [0.717, 1.165) is 24.3 Å². The second-order valence-corrected chi connectivity index (χ2v) is 6.13. The summed E-state index contributed by atoms with van der Waals surface area (Å²) < 4.78 is 56.5. The first-order chi connectivity index (χ1) is 11.7. The SMILES string of the molecule is CC(=O)Nc1cc(NC(=O)c2sc(C)cc2OC(F)F)c(F)cc1F. The molecule has 0 aliphatic rings. The van der Waals surface area contributed by atoms with Crippen molar-refractivity contribution in [2.45, 2.75) is 20.5 Å². The van der Waals surface area contributed by atoms with Gasteiger partial charge < -0.3 is 15.4 Å². The Morgan fingerprint density at radius 1 is 1.08 bits per heavy atom. The normalized spacial score (nSPS) is 10.7. The minimum atomic E-state index is -3.13. The predicted molar refractivity (Wildman–Crippen MR) is 84.3 cm³/mol. The Bertz CT molecular complexity index is 823. The molecular formula is C15H12F4N2O3S.